The van der Waals surface area contributed by atoms with Crippen molar-refractivity contribution in [2.24, 2.45) is 7.05 Å². The number of piperazine rings is 1. The average molecular weight is 379 g/mol. The Balaban J connectivity index is 1.51. The van der Waals surface area contributed by atoms with Crippen molar-refractivity contribution in [1.29, 1.82) is 0 Å². The smallest absolute Gasteiger partial charge is 0.408 e. The molecule has 2 fully saturated rings. The molecule has 26 heavy (non-hydrogen) atoms. The summed E-state index contributed by atoms with van der Waals surface area (Å²) < 4.78 is 34.0. The van der Waals surface area contributed by atoms with E-state index in [1.807, 2.05) is 0 Å². The summed E-state index contributed by atoms with van der Waals surface area (Å²) in [4.78, 5) is 14.3. The molecule has 2 heterocycles. The lowest BCUT2D eigenvalue weighted by molar-refractivity contribution is 0.111. The fourth-order valence-electron chi connectivity index (χ4n) is 4.18. The predicted molar refractivity (Wildman–Crippen MR) is 98.7 cm³/mol. The van der Waals surface area contributed by atoms with E-state index < -0.39 is 15.8 Å². The third-order valence-corrected chi connectivity index (χ3v) is 7.66. The van der Waals surface area contributed by atoms with Crippen molar-refractivity contribution in [3.05, 3.63) is 28.7 Å². The third kappa shape index (κ3) is 3.10. The first-order chi connectivity index (χ1) is 12.5. The molecule has 4 rings (SSSR count). The molecule has 142 valence electrons. The zero-order chi connectivity index (χ0) is 18.3. The van der Waals surface area contributed by atoms with Crippen LogP contribution in [0, 0.1) is 0 Å². The predicted octanol–water partition coefficient (Wildman–Crippen LogP) is 1.77. The molecule has 0 radical (unpaired) electrons. The van der Waals surface area contributed by atoms with Gasteiger partial charge in [-0.3, -0.25) is 9.47 Å². The maximum atomic E-state index is 13.0. The normalized spacial score (nSPS) is 21.4. The Morgan fingerprint density at radius 1 is 1.04 bits per heavy atom. The molecule has 0 bridgehead atoms. The number of hydrogen-bond donors (Lipinski definition) is 0. The standard InChI is InChI=1S/C18H25N3O4S/c1-19-16-8-7-15(13-17(16)25-18(19)22)26(23,24)21-11-9-20(10-12-21)14-5-3-2-4-6-14/h7-8,13-14H,2-6,9-12H2,1H3. The Labute approximate surface area is 153 Å². The van der Waals surface area contributed by atoms with Gasteiger partial charge in [-0.15, -0.1) is 0 Å². The Kier molecular flexibility index (Phi) is 4.66. The van der Waals surface area contributed by atoms with Crippen LogP contribution in [0.2, 0.25) is 0 Å². The van der Waals surface area contributed by atoms with Crippen molar-refractivity contribution in [3.63, 3.8) is 0 Å². The molecule has 0 amide bonds. The van der Waals surface area contributed by atoms with Gasteiger partial charge in [-0.1, -0.05) is 19.3 Å². The Hall–Kier alpha value is -1.64. The number of oxazole rings is 1. The maximum Gasteiger partial charge on any atom is 0.419 e. The van der Waals surface area contributed by atoms with Gasteiger partial charge in [0, 0.05) is 45.3 Å². The Morgan fingerprint density at radius 2 is 1.73 bits per heavy atom. The molecule has 1 saturated carbocycles. The fraction of sp³-hybridized carbons (Fsp3) is 0.611. The lowest BCUT2D eigenvalue weighted by atomic mass is 9.94. The second-order valence-corrected chi connectivity index (χ2v) is 9.23. The minimum atomic E-state index is -3.58. The summed E-state index contributed by atoms with van der Waals surface area (Å²) in [6.45, 7) is 2.59. The maximum absolute atomic E-state index is 13.0. The number of hydrogen-bond acceptors (Lipinski definition) is 5. The van der Waals surface area contributed by atoms with E-state index in [0.717, 1.165) is 13.1 Å². The van der Waals surface area contributed by atoms with E-state index >= 15 is 0 Å². The molecule has 1 aromatic heterocycles. The van der Waals surface area contributed by atoms with E-state index in [9.17, 15) is 13.2 Å². The Bertz CT molecular complexity index is 948. The largest absolute Gasteiger partial charge is 0.419 e. The molecule has 0 spiro atoms. The van der Waals surface area contributed by atoms with Crippen LogP contribution in [0.4, 0.5) is 0 Å². The van der Waals surface area contributed by atoms with Crippen LogP contribution in [0.1, 0.15) is 32.1 Å². The molecule has 8 heteroatoms. The number of aryl methyl sites for hydroxylation is 1. The van der Waals surface area contributed by atoms with E-state index in [1.54, 1.807) is 23.5 Å². The van der Waals surface area contributed by atoms with Crippen LogP contribution in [0.3, 0.4) is 0 Å². The van der Waals surface area contributed by atoms with Gasteiger partial charge in [0.15, 0.2) is 5.58 Å². The van der Waals surface area contributed by atoms with Crippen LogP contribution in [0.25, 0.3) is 11.1 Å². The highest BCUT2D eigenvalue weighted by molar-refractivity contribution is 7.89. The molecular formula is C18H25N3O4S. The van der Waals surface area contributed by atoms with Gasteiger partial charge in [0.2, 0.25) is 10.0 Å². The van der Waals surface area contributed by atoms with Crippen molar-refractivity contribution < 1.29 is 12.8 Å². The molecule has 0 N–H and O–H groups in total. The molecule has 1 aliphatic carbocycles. The zero-order valence-electron chi connectivity index (χ0n) is 15.1. The lowest BCUT2D eigenvalue weighted by Crippen LogP contribution is -2.52. The topological polar surface area (TPSA) is 75.8 Å². The summed E-state index contributed by atoms with van der Waals surface area (Å²) >= 11 is 0. The van der Waals surface area contributed by atoms with Crippen LogP contribution < -0.4 is 5.76 Å². The van der Waals surface area contributed by atoms with Gasteiger partial charge in [-0.05, 0) is 25.0 Å². The Morgan fingerprint density at radius 3 is 2.42 bits per heavy atom. The van der Waals surface area contributed by atoms with Crippen molar-refractivity contribution in [1.82, 2.24) is 13.8 Å². The molecule has 1 aliphatic heterocycles. The van der Waals surface area contributed by atoms with Gasteiger partial charge in [0.25, 0.3) is 0 Å². The van der Waals surface area contributed by atoms with Crippen molar-refractivity contribution in [2.45, 2.75) is 43.0 Å². The first-order valence-electron chi connectivity index (χ1n) is 9.30. The minimum absolute atomic E-state index is 0.186. The highest BCUT2D eigenvalue weighted by Gasteiger charge is 2.31. The molecular weight excluding hydrogens is 354 g/mol. The lowest BCUT2D eigenvalue weighted by Gasteiger charge is -2.40. The molecule has 2 aromatic rings. The summed E-state index contributed by atoms with van der Waals surface area (Å²) in [7, 11) is -1.97. The van der Waals surface area contributed by atoms with Crippen molar-refractivity contribution >= 4 is 21.1 Å². The second-order valence-electron chi connectivity index (χ2n) is 7.29. The van der Waals surface area contributed by atoms with Gasteiger partial charge in [-0.2, -0.15) is 4.31 Å². The minimum Gasteiger partial charge on any atom is -0.408 e. The summed E-state index contributed by atoms with van der Waals surface area (Å²) in [5, 5.41) is 0. The van der Waals surface area contributed by atoms with Gasteiger partial charge in [0.1, 0.15) is 0 Å². The number of fused-ring (bicyclic) bond motifs is 1. The van der Waals surface area contributed by atoms with E-state index in [-0.39, 0.29) is 4.90 Å². The van der Waals surface area contributed by atoms with Crippen LogP contribution in [0.15, 0.2) is 32.3 Å². The first kappa shape index (κ1) is 17.8. The highest BCUT2D eigenvalue weighted by atomic mass is 32.2. The molecule has 7 nitrogen and oxygen atoms in total. The SMILES string of the molecule is Cn1c(=O)oc2cc(S(=O)(=O)N3CCN(C4CCCCC4)CC3)ccc21. The average Bonchev–Trinajstić information content (AvgIpc) is 2.96. The summed E-state index contributed by atoms with van der Waals surface area (Å²) in [6, 6.07) is 5.26. The van der Waals surface area contributed by atoms with Crippen molar-refractivity contribution in [3.8, 4) is 0 Å². The number of benzene rings is 1. The van der Waals surface area contributed by atoms with Gasteiger partial charge >= 0.3 is 5.76 Å². The monoisotopic (exact) mass is 379 g/mol. The third-order valence-electron chi connectivity index (χ3n) is 5.77. The van der Waals surface area contributed by atoms with E-state index in [2.05, 4.69) is 4.90 Å². The highest BCUT2D eigenvalue weighted by Crippen LogP contribution is 2.26. The first-order valence-corrected chi connectivity index (χ1v) is 10.7. The fourth-order valence-corrected chi connectivity index (χ4v) is 5.62. The van der Waals surface area contributed by atoms with Gasteiger partial charge < -0.3 is 4.42 Å². The summed E-state index contributed by atoms with van der Waals surface area (Å²) in [6.07, 6.45) is 6.35. The van der Waals surface area contributed by atoms with Crippen LogP contribution >= 0.6 is 0 Å². The van der Waals surface area contributed by atoms with Crippen LogP contribution in [-0.2, 0) is 17.1 Å². The number of sulfonamides is 1. The van der Waals surface area contributed by atoms with E-state index in [0.29, 0.717) is 30.2 Å². The molecule has 0 atom stereocenters. The second kappa shape index (κ2) is 6.83. The molecule has 1 saturated heterocycles. The van der Waals surface area contributed by atoms with E-state index in [4.69, 9.17) is 4.42 Å². The van der Waals surface area contributed by atoms with Gasteiger partial charge in [-0.25, -0.2) is 13.2 Å². The zero-order valence-corrected chi connectivity index (χ0v) is 15.9. The summed E-state index contributed by atoms with van der Waals surface area (Å²) in [5.74, 6) is -0.490. The summed E-state index contributed by atoms with van der Waals surface area (Å²) in [5.41, 5.74) is 0.899. The van der Waals surface area contributed by atoms with Crippen LogP contribution in [-0.4, -0.2) is 54.4 Å². The molecule has 1 aromatic carbocycles. The number of rotatable bonds is 3. The molecule has 0 unspecified atom stereocenters. The van der Waals surface area contributed by atoms with Crippen LogP contribution in [0.5, 0.6) is 0 Å². The molecule has 2 aliphatic rings. The number of nitrogens with zero attached hydrogens (tertiary/aromatic N) is 3. The van der Waals surface area contributed by atoms with Gasteiger partial charge in [0.05, 0.1) is 10.4 Å². The van der Waals surface area contributed by atoms with Crippen molar-refractivity contribution in [2.75, 3.05) is 26.2 Å². The number of aromatic nitrogens is 1. The quantitative estimate of drug-likeness (QED) is 0.812. The van der Waals surface area contributed by atoms with E-state index in [1.165, 1.54) is 42.7 Å².